The number of nitrogens with zero attached hydrogens (tertiary/aromatic N) is 2. The molecule has 2 aromatic rings. The summed E-state index contributed by atoms with van der Waals surface area (Å²) in [7, 11) is 0. The van der Waals surface area contributed by atoms with E-state index in [0.29, 0.717) is 11.6 Å². The number of halogens is 7. The van der Waals surface area contributed by atoms with E-state index >= 15 is 0 Å². The number of aromatic nitrogens is 2. The van der Waals surface area contributed by atoms with Crippen molar-refractivity contribution in [1.29, 1.82) is 0 Å². The van der Waals surface area contributed by atoms with Crippen LogP contribution in [0.4, 0.5) is 30.7 Å². The Morgan fingerprint density at radius 2 is 1.56 bits per heavy atom. The quantitative estimate of drug-likeness (QED) is 0.720. The van der Waals surface area contributed by atoms with Crippen LogP contribution in [0.3, 0.4) is 0 Å². The lowest BCUT2D eigenvalue weighted by molar-refractivity contribution is -0.353. The van der Waals surface area contributed by atoms with Crippen molar-refractivity contribution in [2.45, 2.75) is 24.4 Å². The molecule has 0 amide bonds. The van der Waals surface area contributed by atoms with E-state index in [4.69, 9.17) is 4.42 Å². The molecule has 0 spiro atoms. The summed E-state index contributed by atoms with van der Waals surface area (Å²) in [4.78, 5) is 7.67. The molecule has 0 bridgehead atoms. The van der Waals surface area contributed by atoms with E-state index in [2.05, 4.69) is 9.97 Å². The zero-order valence-corrected chi connectivity index (χ0v) is 12.2. The van der Waals surface area contributed by atoms with E-state index in [1.54, 1.807) is 0 Å². The van der Waals surface area contributed by atoms with E-state index in [-0.39, 0.29) is 17.3 Å². The number of fused-ring (bicyclic) bond motifs is 1. The van der Waals surface area contributed by atoms with Crippen molar-refractivity contribution in [1.82, 2.24) is 9.97 Å². The van der Waals surface area contributed by atoms with Crippen LogP contribution < -0.4 is 0 Å². The molecule has 3 rings (SSSR count). The maximum absolute atomic E-state index is 14.1. The van der Waals surface area contributed by atoms with Crippen LogP contribution in [0.15, 0.2) is 35.0 Å². The van der Waals surface area contributed by atoms with E-state index < -0.39 is 30.4 Å². The molecule has 0 radical (unpaired) electrons. The van der Waals surface area contributed by atoms with Crippen LogP contribution in [0.5, 0.6) is 0 Å². The van der Waals surface area contributed by atoms with Crippen LogP contribution in [0.25, 0.3) is 17.5 Å². The molecule has 0 aliphatic heterocycles. The molecular formula is C15H9F7N2O. The first-order chi connectivity index (χ1) is 11.5. The normalized spacial score (nSPS) is 18.3. The summed E-state index contributed by atoms with van der Waals surface area (Å²) in [5.41, 5.74) is -5.11. The minimum Gasteiger partial charge on any atom is -0.436 e. The van der Waals surface area contributed by atoms with Crippen LogP contribution in [0.2, 0.25) is 0 Å². The molecule has 134 valence electrons. The third kappa shape index (κ3) is 2.79. The second kappa shape index (κ2) is 5.57. The molecule has 2 aromatic heterocycles. The Labute approximate surface area is 136 Å². The number of allylic oxidation sites excluding steroid dienone is 1. The number of hydrogen-bond donors (Lipinski definition) is 0. The van der Waals surface area contributed by atoms with Crippen LogP contribution in [-0.2, 0) is 6.42 Å². The minimum atomic E-state index is -6.12. The van der Waals surface area contributed by atoms with Gasteiger partial charge in [0.25, 0.3) is 0 Å². The van der Waals surface area contributed by atoms with Gasteiger partial charge >= 0.3 is 18.0 Å². The van der Waals surface area contributed by atoms with E-state index in [9.17, 15) is 30.7 Å². The summed E-state index contributed by atoms with van der Waals surface area (Å²) in [5, 5.41) is 0. The zero-order chi connectivity index (χ0) is 18.5. The Morgan fingerprint density at radius 3 is 2.12 bits per heavy atom. The molecule has 1 aliphatic carbocycles. The fourth-order valence-electron chi connectivity index (χ4n) is 2.59. The van der Waals surface area contributed by atoms with Crippen molar-refractivity contribution in [3.8, 4) is 11.5 Å². The Bertz CT molecular complexity index is 778. The zero-order valence-electron chi connectivity index (χ0n) is 12.2. The molecule has 0 aromatic carbocycles. The molecule has 1 aliphatic rings. The maximum Gasteiger partial charge on any atom is 0.432 e. The molecule has 1 unspecified atom stereocenters. The summed E-state index contributed by atoms with van der Waals surface area (Å²) < 4.78 is 96.6. The summed E-state index contributed by atoms with van der Waals surface area (Å²) >= 11 is 0. The predicted molar refractivity (Wildman–Crippen MR) is 71.9 cm³/mol. The molecule has 3 nitrogen and oxygen atoms in total. The monoisotopic (exact) mass is 366 g/mol. The van der Waals surface area contributed by atoms with E-state index in [1.165, 1.54) is 24.5 Å². The van der Waals surface area contributed by atoms with Gasteiger partial charge in [-0.3, -0.25) is 4.98 Å². The Kier molecular flexibility index (Phi) is 3.88. The van der Waals surface area contributed by atoms with Gasteiger partial charge in [0.05, 0.1) is 5.69 Å². The molecular weight excluding hydrogens is 357 g/mol. The molecule has 10 heteroatoms. The van der Waals surface area contributed by atoms with Gasteiger partial charge in [0.15, 0.2) is 5.76 Å². The van der Waals surface area contributed by atoms with E-state index in [1.807, 2.05) is 0 Å². The maximum atomic E-state index is 14.1. The molecule has 25 heavy (non-hydrogen) atoms. The third-order valence-corrected chi connectivity index (χ3v) is 3.88. The number of alkyl halides is 7. The molecule has 0 N–H and O–H groups in total. The Balaban J connectivity index is 1.97. The van der Waals surface area contributed by atoms with Crippen LogP contribution in [-0.4, -0.2) is 28.0 Å². The van der Waals surface area contributed by atoms with Gasteiger partial charge in [0.2, 0.25) is 5.89 Å². The first-order valence-corrected chi connectivity index (χ1v) is 6.94. The van der Waals surface area contributed by atoms with Crippen LogP contribution >= 0.6 is 0 Å². The van der Waals surface area contributed by atoms with Gasteiger partial charge in [-0.15, -0.1) is 0 Å². The highest BCUT2D eigenvalue weighted by Crippen LogP contribution is 2.53. The van der Waals surface area contributed by atoms with E-state index in [0.717, 1.165) is 6.08 Å². The van der Waals surface area contributed by atoms with Crippen molar-refractivity contribution in [3.05, 3.63) is 42.1 Å². The molecule has 1 atom stereocenters. The van der Waals surface area contributed by atoms with Gasteiger partial charge < -0.3 is 4.42 Å². The van der Waals surface area contributed by atoms with Gasteiger partial charge in [-0.1, -0.05) is 6.08 Å². The standard InChI is InChI=1S/C15H9F7N2O/c16-13(14(17,18)19,15(20,21)22)9-1-2-11-10(7-9)24-12(25-11)8-3-5-23-6-4-8/h1-6,9H,7H2. The smallest absolute Gasteiger partial charge is 0.432 e. The van der Waals surface area contributed by atoms with Crippen molar-refractivity contribution in [2.75, 3.05) is 0 Å². The second-order valence-corrected chi connectivity index (χ2v) is 5.44. The minimum absolute atomic E-state index is 0.00109. The summed E-state index contributed by atoms with van der Waals surface area (Å²) in [6, 6.07) is 3.01. The highest BCUT2D eigenvalue weighted by molar-refractivity contribution is 5.58. The average molecular weight is 366 g/mol. The predicted octanol–water partition coefficient (Wildman–Crippen LogP) is 4.76. The highest BCUT2D eigenvalue weighted by Gasteiger charge is 2.75. The van der Waals surface area contributed by atoms with Crippen molar-refractivity contribution < 1.29 is 35.2 Å². The first kappa shape index (κ1) is 17.4. The third-order valence-electron chi connectivity index (χ3n) is 3.88. The Morgan fingerprint density at radius 1 is 0.960 bits per heavy atom. The number of pyridine rings is 1. The lowest BCUT2D eigenvalue weighted by atomic mass is 9.81. The topological polar surface area (TPSA) is 38.9 Å². The second-order valence-electron chi connectivity index (χ2n) is 5.44. The van der Waals surface area contributed by atoms with Crippen molar-refractivity contribution in [2.24, 2.45) is 5.92 Å². The fourth-order valence-corrected chi connectivity index (χ4v) is 2.59. The number of oxazole rings is 1. The van der Waals surface area contributed by atoms with Gasteiger partial charge in [-0.05, 0) is 18.2 Å². The fraction of sp³-hybridized carbons (Fsp3) is 0.333. The average Bonchev–Trinajstić information content (AvgIpc) is 2.96. The van der Waals surface area contributed by atoms with Gasteiger partial charge in [-0.2, -0.15) is 26.3 Å². The van der Waals surface area contributed by atoms with Gasteiger partial charge in [0, 0.05) is 30.3 Å². The summed E-state index contributed by atoms with van der Waals surface area (Å²) in [5.74, 6) is -2.49. The Hall–Kier alpha value is -2.39. The SMILES string of the molecule is FC(F)(F)C(F)(C1C=Cc2oc(-c3ccncc3)nc2C1)C(F)(F)F. The van der Waals surface area contributed by atoms with Crippen LogP contribution in [0, 0.1) is 5.92 Å². The summed E-state index contributed by atoms with van der Waals surface area (Å²) in [6.07, 6.45) is -8.90. The lowest BCUT2D eigenvalue weighted by Crippen LogP contribution is -2.58. The van der Waals surface area contributed by atoms with Crippen LogP contribution in [0.1, 0.15) is 11.5 Å². The number of rotatable bonds is 2. The van der Waals surface area contributed by atoms with Gasteiger partial charge in [-0.25, -0.2) is 9.37 Å². The molecule has 2 heterocycles. The molecule has 0 fully saturated rings. The number of hydrogen-bond acceptors (Lipinski definition) is 3. The first-order valence-electron chi connectivity index (χ1n) is 6.94. The van der Waals surface area contributed by atoms with Crippen molar-refractivity contribution in [3.63, 3.8) is 0 Å². The molecule has 0 saturated carbocycles. The lowest BCUT2D eigenvalue weighted by Gasteiger charge is -2.35. The largest absolute Gasteiger partial charge is 0.436 e. The highest BCUT2D eigenvalue weighted by atomic mass is 19.4. The van der Waals surface area contributed by atoms with Gasteiger partial charge in [0.1, 0.15) is 0 Å². The van der Waals surface area contributed by atoms with Crippen molar-refractivity contribution >= 4 is 6.08 Å². The summed E-state index contributed by atoms with van der Waals surface area (Å²) in [6.45, 7) is 0. The molecule has 0 saturated heterocycles.